The van der Waals surface area contributed by atoms with Gasteiger partial charge in [-0.2, -0.15) is 0 Å². The third kappa shape index (κ3) is 4.50. The fraction of sp³-hybridized carbons (Fsp3) is 0.286. The molecule has 11 nitrogen and oxygen atoms in total. The van der Waals surface area contributed by atoms with E-state index in [1.54, 1.807) is 13.0 Å². The molecule has 0 radical (unpaired) electrons. The number of rotatable bonds is 6. The first-order valence-corrected chi connectivity index (χ1v) is 16.1. The van der Waals surface area contributed by atoms with Crippen LogP contribution in [0.3, 0.4) is 0 Å². The van der Waals surface area contributed by atoms with Gasteiger partial charge < -0.3 is 20.1 Å². The van der Waals surface area contributed by atoms with Crippen LogP contribution in [0.15, 0.2) is 72.3 Å². The van der Waals surface area contributed by atoms with Gasteiger partial charge in [-0.25, -0.2) is 19.0 Å². The number of carboxylic acids is 1. The number of hydrogen-bond donors (Lipinski definition) is 3. The molecule has 49 heavy (non-hydrogen) atoms. The summed E-state index contributed by atoms with van der Waals surface area (Å²) in [5.74, 6) is -9.82. The van der Waals surface area contributed by atoms with E-state index in [1.165, 1.54) is 36.4 Å². The summed E-state index contributed by atoms with van der Waals surface area (Å²) in [6.45, 7) is 1.90. The average Bonchev–Trinajstić information content (AvgIpc) is 3.40. The number of ether oxygens (including phenoxy) is 1. The molecule has 6 unspecified atom stereocenters. The van der Waals surface area contributed by atoms with Gasteiger partial charge in [-0.1, -0.05) is 17.7 Å². The van der Waals surface area contributed by atoms with Crippen LogP contribution in [0.5, 0.6) is 17.2 Å². The summed E-state index contributed by atoms with van der Waals surface area (Å²) in [5, 5.41) is 30.2. The second-order valence-electron chi connectivity index (χ2n) is 12.4. The molecule has 252 valence electrons. The van der Waals surface area contributed by atoms with Gasteiger partial charge in [0.25, 0.3) is 11.8 Å². The Hall–Kier alpha value is -4.94. The SMILES string of the molecule is CCOc1cc(C2C3=CCC4C(=O)N(c5ccc(C(=O)O)c(O)c5)C(=O)C4C3CC3(Cl)C(=O)N(c4ccc(F)cc4)C(=O)C23Cl)ccc1O. The highest BCUT2D eigenvalue weighted by Crippen LogP contribution is 2.66. The zero-order valence-corrected chi connectivity index (χ0v) is 27.1. The number of nitrogens with zero attached hydrogens (tertiary/aromatic N) is 2. The zero-order valence-electron chi connectivity index (χ0n) is 25.6. The van der Waals surface area contributed by atoms with Crippen molar-refractivity contribution in [1.82, 2.24) is 0 Å². The predicted octanol–water partition coefficient (Wildman–Crippen LogP) is 5.10. The minimum absolute atomic E-state index is 0.0306. The van der Waals surface area contributed by atoms with Crippen LogP contribution >= 0.6 is 23.2 Å². The Morgan fingerprint density at radius 1 is 0.898 bits per heavy atom. The standard InChI is InChI=1S/C35H27Cl2FN2O9/c1-2-49-26-13-16(3-12-24(26)41)28-20-10-11-22-27(30(44)39(29(22)43)19-8-9-21(31(45)46)25(42)14-19)23(20)15-34(36)32(47)40(33(48)35(28,34)37)18-6-4-17(38)5-7-18/h3-10,12-14,22-23,27-28,41-42H,2,11,15H2,1H3,(H,45,46). The first-order valence-electron chi connectivity index (χ1n) is 15.4. The summed E-state index contributed by atoms with van der Waals surface area (Å²) in [7, 11) is 0. The molecule has 3 aromatic carbocycles. The average molecular weight is 710 g/mol. The fourth-order valence-electron chi connectivity index (χ4n) is 7.85. The van der Waals surface area contributed by atoms with Crippen molar-refractivity contribution in [1.29, 1.82) is 0 Å². The van der Waals surface area contributed by atoms with Crippen LogP contribution in [-0.2, 0) is 19.2 Å². The molecular weight excluding hydrogens is 682 g/mol. The Bertz CT molecular complexity index is 2020. The first kappa shape index (κ1) is 32.6. The van der Waals surface area contributed by atoms with Gasteiger partial charge in [-0.3, -0.25) is 19.2 Å². The molecule has 2 heterocycles. The van der Waals surface area contributed by atoms with E-state index in [1.807, 2.05) is 0 Å². The number of fused-ring (bicyclic) bond motifs is 4. The number of aromatic hydroxyl groups is 2. The Morgan fingerprint density at radius 2 is 1.59 bits per heavy atom. The van der Waals surface area contributed by atoms with Gasteiger partial charge in [0.1, 0.15) is 17.1 Å². The number of amides is 4. The lowest BCUT2D eigenvalue weighted by atomic mass is 9.56. The summed E-state index contributed by atoms with van der Waals surface area (Å²) in [4.78, 5) is 65.7. The monoisotopic (exact) mass is 708 g/mol. The number of carboxylic acid groups (broad SMARTS) is 1. The molecule has 0 spiro atoms. The Morgan fingerprint density at radius 3 is 2.24 bits per heavy atom. The summed E-state index contributed by atoms with van der Waals surface area (Å²) in [6, 6.07) is 12.3. The summed E-state index contributed by atoms with van der Waals surface area (Å²) < 4.78 is 19.5. The van der Waals surface area contributed by atoms with E-state index in [2.05, 4.69) is 0 Å². The third-order valence-electron chi connectivity index (χ3n) is 9.98. The second-order valence-corrected chi connectivity index (χ2v) is 13.7. The molecular formula is C35H27Cl2FN2O9. The highest BCUT2D eigenvalue weighted by Gasteiger charge is 2.76. The van der Waals surface area contributed by atoms with Gasteiger partial charge >= 0.3 is 5.97 Å². The predicted molar refractivity (Wildman–Crippen MR) is 173 cm³/mol. The number of phenolic OH excluding ortho intramolecular Hbond substituents is 1. The smallest absolute Gasteiger partial charge is 0.339 e. The van der Waals surface area contributed by atoms with Crippen LogP contribution in [0.1, 0.15) is 41.6 Å². The first-order chi connectivity index (χ1) is 23.2. The maximum atomic E-state index is 14.5. The largest absolute Gasteiger partial charge is 0.507 e. The van der Waals surface area contributed by atoms with E-state index in [-0.39, 0.29) is 42.3 Å². The summed E-state index contributed by atoms with van der Waals surface area (Å²) in [6.07, 6.45) is 1.45. The molecule has 14 heteroatoms. The molecule has 3 fully saturated rings. The van der Waals surface area contributed by atoms with Gasteiger partial charge in [0.05, 0.1) is 29.8 Å². The number of alkyl halides is 2. The molecule has 7 rings (SSSR count). The number of phenols is 2. The molecule has 4 aliphatic rings. The van der Waals surface area contributed by atoms with Crippen molar-refractivity contribution in [3.63, 3.8) is 0 Å². The zero-order chi connectivity index (χ0) is 35.2. The number of imide groups is 2. The van der Waals surface area contributed by atoms with E-state index in [0.29, 0.717) is 11.1 Å². The Kier molecular flexibility index (Phi) is 7.53. The van der Waals surface area contributed by atoms with Crippen molar-refractivity contribution in [3.05, 3.63) is 89.3 Å². The van der Waals surface area contributed by atoms with Crippen molar-refractivity contribution >= 4 is 64.2 Å². The third-order valence-corrected chi connectivity index (χ3v) is 11.4. The Balaban J connectivity index is 1.38. The van der Waals surface area contributed by atoms with Crippen molar-refractivity contribution < 1.29 is 48.4 Å². The number of allylic oxidation sites excluding steroid dienone is 2. The topological polar surface area (TPSA) is 162 Å². The van der Waals surface area contributed by atoms with Crippen LogP contribution in [0.4, 0.5) is 15.8 Å². The summed E-state index contributed by atoms with van der Waals surface area (Å²) >= 11 is 14.7. The lowest BCUT2D eigenvalue weighted by Gasteiger charge is -2.50. The molecule has 0 bridgehead atoms. The highest BCUT2D eigenvalue weighted by molar-refractivity contribution is 6.58. The van der Waals surface area contributed by atoms with Crippen LogP contribution in [0, 0.1) is 23.6 Å². The lowest BCUT2D eigenvalue weighted by molar-refractivity contribution is -0.125. The number of hydrogen-bond acceptors (Lipinski definition) is 8. The van der Waals surface area contributed by atoms with E-state index in [4.69, 9.17) is 27.9 Å². The van der Waals surface area contributed by atoms with E-state index in [0.717, 1.165) is 34.1 Å². The summed E-state index contributed by atoms with van der Waals surface area (Å²) in [5.41, 5.74) is 0.401. The fourth-order valence-corrected chi connectivity index (χ4v) is 8.78. The Labute approximate surface area is 288 Å². The minimum Gasteiger partial charge on any atom is -0.507 e. The molecule has 0 aromatic heterocycles. The van der Waals surface area contributed by atoms with E-state index >= 15 is 0 Å². The van der Waals surface area contributed by atoms with Gasteiger partial charge in [0.15, 0.2) is 21.2 Å². The van der Waals surface area contributed by atoms with Crippen molar-refractivity contribution in [3.8, 4) is 17.2 Å². The molecule has 1 saturated carbocycles. The number of anilines is 2. The van der Waals surface area contributed by atoms with E-state index in [9.17, 15) is 43.7 Å². The number of aromatic carboxylic acids is 1. The number of carbonyl (C=O) groups excluding carboxylic acids is 4. The normalized spacial score (nSPS) is 29.0. The quantitative estimate of drug-likeness (QED) is 0.180. The maximum absolute atomic E-state index is 14.5. The molecule has 3 aromatic rings. The van der Waals surface area contributed by atoms with Crippen molar-refractivity contribution in [2.45, 2.75) is 35.4 Å². The number of halogens is 3. The molecule has 6 atom stereocenters. The highest BCUT2D eigenvalue weighted by atomic mass is 35.5. The minimum atomic E-state index is -2.18. The maximum Gasteiger partial charge on any atom is 0.339 e. The lowest BCUT2D eigenvalue weighted by Crippen LogP contribution is -2.60. The van der Waals surface area contributed by atoms with Crippen LogP contribution in [0.25, 0.3) is 0 Å². The van der Waals surface area contributed by atoms with Gasteiger partial charge in [-0.05, 0) is 79.8 Å². The van der Waals surface area contributed by atoms with Gasteiger partial charge in [-0.15, -0.1) is 23.2 Å². The van der Waals surface area contributed by atoms with Crippen LogP contribution in [-0.4, -0.2) is 61.3 Å². The number of carbonyl (C=O) groups is 5. The molecule has 2 aliphatic carbocycles. The second kappa shape index (κ2) is 11.3. The van der Waals surface area contributed by atoms with E-state index < -0.39 is 80.1 Å². The molecule has 2 saturated heterocycles. The molecule has 2 aliphatic heterocycles. The number of benzene rings is 3. The van der Waals surface area contributed by atoms with Crippen molar-refractivity contribution in [2.75, 3.05) is 16.4 Å². The molecule has 4 amide bonds. The van der Waals surface area contributed by atoms with Crippen LogP contribution < -0.4 is 14.5 Å². The van der Waals surface area contributed by atoms with Crippen molar-refractivity contribution in [2.24, 2.45) is 17.8 Å². The van der Waals surface area contributed by atoms with Gasteiger partial charge in [0, 0.05) is 12.0 Å². The molecule has 3 N–H and O–H groups in total. The van der Waals surface area contributed by atoms with Gasteiger partial charge in [0.2, 0.25) is 11.8 Å². The van der Waals surface area contributed by atoms with Crippen LogP contribution in [0.2, 0.25) is 0 Å².